The zero-order chi connectivity index (χ0) is 13.3. The number of hydrogen-bond acceptors (Lipinski definition) is 5. The van der Waals surface area contributed by atoms with Crippen molar-refractivity contribution in [2.45, 2.75) is 44.5 Å². The van der Waals surface area contributed by atoms with Crippen molar-refractivity contribution in [1.82, 2.24) is 4.89 Å². The van der Waals surface area contributed by atoms with Crippen LogP contribution in [0, 0.1) is 0 Å². The lowest BCUT2D eigenvalue weighted by Crippen LogP contribution is -2.42. The van der Waals surface area contributed by atoms with Crippen molar-refractivity contribution in [2.75, 3.05) is 11.5 Å². The molecule has 0 aromatic carbocycles. The summed E-state index contributed by atoms with van der Waals surface area (Å²) in [6, 6.07) is 0. The van der Waals surface area contributed by atoms with Crippen molar-refractivity contribution in [3.8, 4) is 0 Å². The Bertz CT molecular complexity index is 446. The number of sulfonamides is 1. The van der Waals surface area contributed by atoms with E-state index in [2.05, 4.69) is 4.89 Å². The molecule has 1 rings (SSSR count). The molecular weight excluding hydrogens is 266 g/mol. The first-order valence-corrected chi connectivity index (χ1v) is 8.78. The summed E-state index contributed by atoms with van der Waals surface area (Å²) in [6.45, 7) is 5.17. The van der Waals surface area contributed by atoms with Gasteiger partial charge < -0.3 is 0 Å². The summed E-state index contributed by atoms with van der Waals surface area (Å²) in [4.78, 5) is 7.09. The van der Waals surface area contributed by atoms with Crippen LogP contribution in [0.1, 0.15) is 33.6 Å². The van der Waals surface area contributed by atoms with Crippen LogP contribution in [0.4, 0.5) is 0 Å². The normalized spacial score (nSPS) is 22.5. The van der Waals surface area contributed by atoms with E-state index in [4.69, 9.17) is 4.84 Å². The molecule has 1 fully saturated rings. The van der Waals surface area contributed by atoms with E-state index in [9.17, 15) is 16.8 Å². The SMILES string of the molecule is CC(C)(C)ONS(=O)(=O)C1CCS(=O)(=O)CC1. The Morgan fingerprint density at radius 1 is 1.18 bits per heavy atom. The fourth-order valence-corrected chi connectivity index (χ4v) is 4.58. The highest BCUT2D eigenvalue weighted by molar-refractivity contribution is 7.92. The third-order valence-corrected chi connectivity index (χ3v) is 5.78. The van der Waals surface area contributed by atoms with Crippen LogP contribution in [-0.2, 0) is 24.7 Å². The van der Waals surface area contributed by atoms with Crippen LogP contribution in [0.5, 0.6) is 0 Å². The molecule has 1 heterocycles. The van der Waals surface area contributed by atoms with Gasteiger partial charge in [-0.2, -0.15) is 0 Å². The summed E-state index contributed by atoms with van der Waals surface area (Å²) in [6.07, 6.45) is 0.260. The highest BCUT2D eigenvalue weighted by Gasteiger charge is 2.33. The lowest BCUT2D eigenvalue weighted by atomic mass is 10.2. The number of rotatable bonds is 3. The first kappa shape index (κ1) is 14.9. The van der Waals surface area contributed by atoms with E-state index in [-0.39, 0.29) is 24.3 Å². The molecule has 0 saturated carbocycles. The zero-order valence-corrected chi connectivity index (χ0v) is 11.9. The van der Waals surface area contributed by atoms with Crippen molar-refractivity contribution in [3.05, 3.63) is 0 Å². The van der Waals surface area contributed by atoms with Crippen molar-refractivity contribution in [1.29, 1.82) is 0 Å². The third kappa shape index (κ3) is 4.90. The predicted octanol–water partition coefficient (Wildman–Crippen LogP) is 0.213. The van der Waals surface area contributed by atoms with E-state index >= 15 is 0 Å². The topological polar surface area (TPSA) is 89.5 Å². The quantitative estimate of drug-likeness (QED) is 0.749. The van der Waals surface area contributed by atoms with Crippen LogP contribution in [0.2, 0.25) is 0 Å². The Morgan fingerprint density at radius 3 is 2.06 bits per heavy atom. The molecule has 8 heteroatoms. The van der Waals surface area contributed by atoms with E-state index in [1.54, 1.807) is 20.8 Å². The molecule has 6 nitrogen and oxygen atoms in total. The third-order valence-electron chi connectivity index (χ3n) is 2.40. The van der Waals surface area contributed by atoms with Crippen LogP contribution >= 0.6 is 0 Å². The minimum Gasteiger partial charge on any atom is -0.281 e. The highest BCUT2D eigenvalue weighted by atomic mass is 32.2. The summed E-state index contributed by atoms with van der Waals surface area (Å²) in [5.74, 6) is -0.151. The maximum absolute atomic E-state index is 11.8. The number of hydrogen-bond donors (Lipinski definition) is 1. The second-order valence-electron chi connectivity index (χ2n) is 5.19. The van der Waals surface area contributed by atoms with Crippen LogP contribution < -0.4 is 4.89 Å². The summed E-state index contributed by atoms with van der Waals surface area (Å²) in [5.41, 5.74) is -0.617. The molecule has 0 aromatic heterocycles. The van der Waals surface area contributed by atoms with Gasteiger partial charge in [-0.3, -0.25) is 4.84 Å². The van der Waals surface area contributed by atoms with Gasteiger partial charge in [0.2, 0.25) is 10.0 Å². The lowest BCUT2D eigenvalue weighted by molar-refractivity contribution is -0.0362. The maximum atomic E-state index is 11.8. The van der Waals surface area contributed by atoms with E-state index in [0.29, 0.717) is 0 Å². The summed E-state index contributed by atoms with van der Waals surface area (Å²) >= 11 is 0. The Hall–Kier alpha value is -0.180. The summed E-state index contributed by atoms with van der Waals surface area (Å²) in [5, 5.41) is -0.687. The lowest BCUT2D eigenvalue weighted by Gasteiger charge is -2.25. The van der Waals surface area contributed by atoms with Gasteiger partial charge >= 0.3 is 0 Å². The second-order valence-corrected chi connectivity index (χ2v) is 9.42. The van der Waals surface area contributed by atoms with Crippen molar-refractivity contribution >= 4 is 19.9 Å². The molecule has 0 atom stereocenters. The Labute approximate surface area is 103 Å². The largest absolute Gasteiger partial charge is 0.281 e. The zero-order valence-electron chi connectivity index (χ0n) is 10.3. The monoisotopic (exact) mass is 285 g/mol. The molecule has 102 valence electrons. The van der Waals surface area contributed by atoms with Gasteiger partial charge in [-0.1, -0.05) is 4.89 Å². The highest BCUT2D eigenvalue weighted by Crippen LogP contribution is 2.19. The minimum absolute atomic E-state index is 0.0753. The molecule has 0 radical (unpaired) electrons. The molecule has 0 bridgehead atoms. The van der Waals surface area contributed by atoms with Gasteiger partial charge in [0.1, 0.15) is 9.84 Å². The molecule has 1 N–H and O–H groups in total. The van der Waals surface area contributed by atoms with E-state index in [0.717, 1.165) is 0 Å². The summed E-state index contributed by atoms with van der Waals surface area (Å²) < 4.78 is 46.0. The Morgan fingerprint density at radius 2 is 1.65 bits per heavy atom. The molecule has 0 unspecified atom stereocenters. The van der Waals surface area contributed by atoms with Gasteiger partial charge in [-0.15, -0.1) is 0 Å². The van der Waals surface area contributed by atoms with E-state index in [1.165, 1.54) is 0 Å². The van der Waals surface area contributed by atoms with Crippen molar-refractivity contribution in [2.24, 2.45) is 0 Å². The van der Waals surface area contributed by atoms with Crippen molar-refractivity contribution < 1.29 is 21.7 Å². The molecule has 0 amide bonds. The average molecular weight is 285 g/mol. The molecular formula is C9H19NO5S2. The van der Waals surface area contributed by atoms with Crippen LogP contribution in [0.25, 0.3) is 0 Å². The smallest absolute Gasteiger partial charge is 0.236 e. The molecule has 1 aliphatic heterocycles. The van der Waals surface area contributed by atoms with Gasteiger partial charge in [0, 0.05) is 0 Å². The van der Waals surface area contributed by atoms with Crippen LogP contribution in [0.15, 0.2) is 0 Å². The Kier molecular flexibility index (Phi) is 4.23. The summed E-state index contributed by atoms with van der Waals surface area (Å²) in [7, 11) is -6.66. The molecule has 0 aliphatic carbocycles. The molecule has 17 heavy (non-hydrogen) atoms. The van der Waals surface area contributed by atoms with Gasteiger partial charge in [-0.05, 0) is 33.6 Å². The molecule has 0 spiro atoms. The molecule has 0 aromatic rings. The standard InChI is InChI=1S/C9H19NO5S2/c1-9(2,3)15-10-17(13,14)8-4-6-16(11,12)7-5-8/h8,10H,4-7H2,1-3H3. The van der Waals surface area contributed by atoms with Gasteiger partial charge in [-0.25, -0.2) is 16.8 Å². The first-order valence-electron chi connectivity index (χ1n) is 5.41. The second kappa shape index (κ2) is 4.83. The first-order chi connectivity index (χ1) is 7.52. The van der Waals surface area contributed by atoms with E-state index < -0.39 is 30.7 Å². The fourth-order valence-electron chi connectivity index (χ4n) is 1.43. The number of sulfone groups is 1. The van der Waals surface area contributed by atoms with E-state index in [1.807, 2.05) is 0 Å². The van der Waals surface area contributed by atoms with Crippen LogP contribution in [0.3, 0.4) is 0 Å². The fraction of sp³-hybridized carbons (Fsp3) is 1.00. The maximum Gasteiger partial charge on any atom is 0.236 e. The minimum atomic E-state index is -3.60. The van der Waals surface area contributed by atoms with Gasteiger partial charge in [0.15, 0.2) is 0 Å². The molecule has 1 saturated heterocycles. The van der Waals surface area contributed by atoms with Gasteiger partial charge in [0.05, 0.1) is 22.4 Å². The Balaban J connectivity index is 2.61. The van der Waals surface area contributed by atoms with Crippen molar-refractivity contribution in [3.63, 3.8) is 0 Å². The van der Waals surface area contributed by atoms with Gasteiger partial charge in [0.25, 0.3) is 0 Å². The predicted molar refractivity (Wildman–Crippen MR) is 64.6 cm³/mol. The molecule has 1 aliphatic rings. The number of nitrogens with one attached hydrogen (secondary N) is 1. The van der Waals surface area contributed by atoms with Crippen LogP contribution in [-0.4, -0.2) is 39.2 Å². The average Bonchev–Trinajstić information content (AvgIpc) is 2.13.